The molecular weight excluding hydrogens is 210 g/mol. The lowest BCUT2D eigenvalue weighted by atomic mass is 10.3. The highest BCUT2D eigenvalue weighted by Gasteiger charge is 2.01. The highest BCUT2D eigenvalue weighted by molar-refractivity contribution is 5.17. The molecule has 0 amide bonds. The van der Waals surface area contributed by atoms with Crippen LogP contribution in [0.25, 0.3) is 0 Å². The summed E-state index contributed by atoms with van der Waals surface area (Å²) in [6.45, 7) is 8.39. The summed E-state index contributed by atoms with van der Waals surface area (Å²) < 4.78 is 4.38. The fraction of sp³-hybridized carbons (Fsp3) is 0.429. The Morgan fingerprint density at radius 1 is 1.12 bits per heavy atom. The molecule has 0 fully saturated rings. The topological polar surface area (TPSA) is 21.9 Å². The van der Waals surface area contributed by atoms with Crippen molar-refractivity contribution in [1.29, 1.82) is 0 Å². The van der Waals surface area contributed by atoms with Gasteiger partial charge in [0.1, 0.15) is 0 Å². The zero-order chi connectivity index (χ0) is 12.3. The third kappa shape index (κ3) is 2.73. The number of nitrogens with zero attached hydrogens (tertiary/aromatic N) is 2. The molecule has 2 aromatic heterocycles. The van der Waals surface area contributed by atoms with E-state index in [1.54, 1.807) is 0 Å². The summed E-state index contributed by atoms with van der Waals surface area (Å²) in [5, 5.41) is 0. The van der Waals surface area contributed by atoms with Crippen LogP contribution in [0.4, 0.5) is 0 Å². The van der Waals surface area contributed by atoms with E-state index in [0.717, 1.165) is 13.1 Å². The van der Waals surface area contributed by atoms with Crippen molar-refractivity contribution in [2.24, 2.45) is 0 Å². The lowest BCUT2D eigenvalue weighted by Crippen LogP contribution is -2.16. The van der Waals surface area contributed by atoms with Crippen LogP contribution >= 0.6 is 0 Å². The molecule has 3 heteroatoms. The second kappa shape index (κ2) is 5.13. The molecule has 0 unspecified atom stereocenters. The molecule has 0 aliphatic carbocycles. The van der Waals surface area contributed by atoms with E-state index in [0.29, 0.717) is 0 Å². The van der Waals surface area contributed by atoms with Crippen LogP contribution < -0.4 is 5.43 Å². The van der Waals surface area contributed by atoms with Crippen molar-refractivity contribution in [1.82, 2.24) is 9.24 Å². The maximum absolute atomic E-state index is 3.44. The van der Waals surface area contributed by atoms with Gasteiger partial charge < -0.3 is 9.99 Å². The minimum Gasteiger partial charge on any atom is -0.354 e. The first-order chi connectivity index (χ1) is 8.20. The summed E-state index contributed by atoms with van der Waals surface area (Å²) >= 11 is 0. The fourth-order valence-electron chi connectivity index (χ4n) is 2.08. The van der Waals surface area contributed by atoms with Crippen molar-refractivity contribution in [3.8, 4) is 0 Å². The average Bonchev–Trinajstić information content (AvgIpc) is 2.86. The first kappa shape index (κ1) is 11.8. The normalized spacial score (nSPS) is 10.8. The van der Waals surface area contributed by atoms with Crippen molar-refractivity contribution in [3.05, 3.63) is 47.5 Å². The molecule has 0 saturated heterocycles. The van der Waals surface area contributed by atoms with Crippen LogP contribution in [-0.4, -0.2) is 9.24 Å². The number of aryl methyl sites for hydroxylation is 3. The highest BCUT2D eigenvalue weighted by Crippen LogP contribution is 2.07. The molecule has 0 aromatic carbocycles. The third-order valence-corrected chi connectivity index (χ3v) is 3.01. The van der Waals surface area contributed by atoms with Gasteiger partial charge in [-0.2, -0.15) is 0 Å². The standard InChI is InChI=1S/C14H21N3/c1-4-8-16-9-7-14(11-16)10-15-17-12(2)5-6-13(17)3/h5-7,9,11,15H,4,8,10H2,1-3H3. The number of rotatable bonds is 5. The summed E-state index contributed by atoms with van der Waals surface area (Å²) in [5.41, 5.74) is 7.25. The monoisotopic (exact) mass is 231 g/mol. The molecule has 2 aromatic rings. The van der Waals surface area contributed by atoms with Gasteiger partial charge in [-0.15, -0.1) is 0 Å². The Kier molecular flexibility index (Phi) is 3.57. The van der Waals surface area contributed by atoms with E-state index in [-0.39, 0.29) is 0 Å². The molecule has 0 bridgehead atoms. The zero-order valence-electron chi connectivity index (χ0n) is 10.9. The molecule has 0 aliphatic rings. The number of hydrogen-bond acceptors (Lipinski definition) is 1. The van der Waals surface area contributed by atoms with Crippen molar-refractivity contribution in [2.75, 3.05) is 5.43 Å². The Hall–Kier alpha value is -1.64. The molecular formula is C14H21N3. The maximum atomic E-state index is 3.44. The largest absolute Gasteiger partial charge is 0.354 e. The molecule has 0 radical (unpaired) electrons. The summed E-state index contributed by atoms with van der Waals surface area (Å²) in [5.74, 6) is 0. The summed E-state index contributed by atoms with van der Waals surface area (Å²) in [7, 11) is 0. The van der Waals surface area contributed by atoms with Gasteiger partial charge in [0.05, 0.1) is 6.54 Å². The van der Waals surface area contributed by atoms with E-state index in [1.165, 1.54) is 23.4 Å². The summed E-state index contributed by atoms with van der Waals surface area (Å²) in [4.78, 5) is 0. The van der Waals surface area contributed by atoms with Gasteiger partial charge in [-0.1, -0.05) is 6.92 Å². The van der Waals surface area contributed by atoms with E-state index in [2.05, 4.69) is 66.0 Å². The molecule has 0 saturated carbocycles. The third-order valence-electron chi connectivity index (χ3n) is 3.01. The SMILES string of the molecule is CCCn1ccc(CNn2c(C)ccc2C)c1. The quantitative estimate of drug-likeness (QED) is 0.839. The molecule has 0 spiro atoms. The van der Waals surface area contributed by atoms with Gasteiger partial charge in [0.15, 0.2) is 0 Å². The Morgan fingerprint density at radius 3 is 2.47 bits per heavy atom. The Labute approximate surface area is 103 Å². The average molecular weight is 231 g/mol. The number of aromatic nitrogens is 2. The Morgan fingerprint density at radius 2 is 1.82 bits per heavy atom. The summed E-state index contributed by atoms with van der Waals surface area (Å²) in [6.07, 6.45) is 5.54. The van der Waals surface area contributed by atoms with Crippen LogP contribution in [0.15, 0.2) is 30.6 Å². The smallest absolute Gasteiger partial charge is 0.0579 e. The van der Waals surface area contributed by atoms with Gasteiger partial charge >= 0.3 is 0 Å². The second-order valence-electron chi connectivity index (χ2n) is 4.54. The van der Waals surface area contributed by atoms with E-state index >= 15 is 0 Å². The molecule has 0 aliphatic heterocycles. The molecule has 0 atom stereocenters. The first-order valence-electron chi connectivity index (χ1n) is 6.24. The number of hydrogen-bond donors (Lipinski definition) is 1. The van der Waals surface area contributed by atoms with E-state index < -0.39 is 0 Å². The maximum Gasteiger partial charge on any atom is 0.0579 e. The first-order valence-corrected chi connectivity index (χ1v) is 6.24. The van der Waals surface area contributed by atoms with Gasteiger partial charge in [0.25, 0.3) is 0 Å². The van der Waals surface area contributed by atoms with E-state index in [9.17, 15) is 0 Å². The van der Waals surface area contributed by atoms with Crippen LogP contribution in [0.2, 0.25) is 0 Å². The van der Waals surface area contributed by atoms with Crippen LogP contribution in [-0.2, 0) is 13.1 Å². The van der Waals surface area contributed by atoms with Gasteiger partial charge in [0.2, 0.25) is 0 Å². The van der Waals surface area contributed by atoms with Crippen molar-refractivity contribution in [2.45, 2.75) is 40.3 Å². The highest BCUT2D eigenvalue weighted by atomic mass is 15.4. The van der Waals surface area contributed by atoms with E-state index in [1.807, 2.05) is 0 Å². The molecule has 2 rings (SSSR count). The van der Waals surface area contributed by atoms with Gasteiger partial charge in [-0.25, -0.2) is 0 Å². The minimum absolute atomic E-state index is 0.868. The van der Waals surface area contributed by atoms with E-state index in [4.69, 9.17) is 0 Å². The van der Waals surface area contributed by atoms with Crippen molar-refractivity contribution < 1.29 is 0 Å². The van der Waals surface area contributed by atoms with Crippen LogP contribution in [0.1, 0.15) is 30.3 Å². The predicted octanol–water partition coefficient (Wildman–Crippen LogP) is 3.06. The molecule has 17 heavy (non-hydrogen) atoms. The second-order valence-corrected chi connectivity index (χ2v) is 4.54. The molecule has 92 valence electrons. The van der Waals surface area contributed by atoms with Gasteiger partial charge in [-0.3, -0.25) is 4.68 Å². The Balaban J connectivity index is 1.97. The molecule has 3 nitrogen and oxygen atoms in total. The molecule has 2 heterocycles. The van der Waals surface area contributed by atoms with Gasteiger partial charge in [-0.05, 0) is 44.0 Å². The summed E-state index contributed by atoms with van der Waals surface area (Å²) in [6, 6.07) is 6.44. The molecule has 1 N–H and O–H groups in total. The predicted molar refractivity (Wildman–Crippen MR) is 71.7 cm³/mol. The van der Waals surface area contributed by atoms with Crippen LogP contribution in [0, 0.1) is 13.8 Å². The van der Waals surface area contributed by atoms with Crippen LogP contribution in [0.5, 0.6) is 0 Å². The fourth-order valence-corrected chi connectivity index (χ4v) is 2.08. The lowest BCUT2D eigenvalue weighted by molar-refractivity contribution is 0.680. The van der Waals surface area contributed by atoms with Crippen LogP contribution in [0.3, 0.4) is 0 Å². The Bertz CT molecular complexity index is 460. The number of nitrogens with one attached hydrogen (secondary N) is 1. The van der Waals surface area contributed by atoms with Crippen molar-refractivity contribution in [3.63, 3.8) is 0 Å². The van der Waals surface area contributed by atoms with Crippen molar-refractivity contribution >= 4 is 0 Å². The zero-order valence-corrected chi connectivity index (χ0v) is 10.9. The van der Waals surface area contributed by atoms with Gasteiger partial charge in [0, 0.05) is 30.3 Å². The lowest BCUT2D eigenvalue weighted by Gasteiger charge is -2.11. The minimum atomic E-state index is 0.868.